The highest BCUT2D eigenvalue weighted by Crippen LogP contribution is 2.33. The zero-order valence-electron chi connectivity index (χ0n) is 13.3. The molecule has 0 spiro atoms. The molecule has 3 N–H and O–H groups in total. The van der Waals surface area contributed by atoms with Crippen LogP contribution in [0.4, 0.5) is 17.5 Å². The van der Waals surface area contributed by atoms with E-state index in [1.54, 1.807) is 0 Å². The van der Waals surface area contributed by atoms with Crippen molar-refractivity contribution in [3.63, 3.8) is 0 Å². The summed E-state index contributed by atoms with van der Waals surface area (Å²) in [7, 11) is 0. The van der Waals surface area contributed by atoms with Crippen LogP contribution in [0.2, 0.25) is 0 Å². The van der Waals surface area contributed by atoms with Crippen LogP contribution in [-0.2, 0) is 11.5 Å². The molecule has 1 aliphatic carbocycles. The van der Waals surface area contributed by atoms with Crippen LogP contribution in [0.3, 0.4) is 0 Å². The Kier molecular flexibility index (Phi) is 3.36. The summed E-state index contributed by atoms with van der Waals surface area (Å²) in [6.45, 7) is 0.993. The summed E-state index contributed by atoms with van der Waals surface area (Å²) in [5.74, 6) is 4.56. The maximum atomic E-state index is 4.70. The molecule has 6 heteroatoms. The van der Waals surface area contributed by atoms with E-state index in [0.717, 1.165) is 46.5 Å². The molecule has 24 heavy (non-hydrogen) atoms. The predicted molar refractivity (Wildman–Crippen MR) is 99.8 cm³/mol. The number of nitrogens with zero attached hydrogens (tertiary/aromatic N) is 2. The first kappa shape index (κ1) is 14.2. The Labute approximate surface area is 144 Å². The van der Waals surface area contributed by atoms with Gasteiger partial charge in [-0.15, -0.1) is 0 Å². The average molecular weight is 337 g/mol. The van der Waals surface area contributed by atoms with Gasteiger partial charge in [0.05, 0.1) is 5.39 Å². The number of thioether (sulfide) groups is 1. The van der Waals surface area contributed by atoms with Crippen molar-refractivity contribution in [1.82, 2.24) is 15.0 Å². The second kappa shape index (κ2) is 5.70. The van der Waals surface area contributed by atoms with Crippen molar-refractivity contribution < 1.29 is 0 Å². The highest BCUT2D eigenvalue weighted by molar-refractivity contribution is 7.98. The Morgan fingerprint density at radius 1 is 1.12 bits per heavy atom. The van der Waals surface area contributed by atoms with Gasteiger partial charge in [-0.3, -0.25) is 0 Å². The van der Waals surface area contributed by atoms with Gasteiger partial charge >= 0.3 is 0 Å². The normalized spacial score (nSPS) is 16.3. The van der Waals surface area contributed by atoms with E-state index in [1.807, 2.05) is 24.0 Å². The first-order valence-electron chi connectivity index (χ1n) is 8.41. The number of nitrogens with one attached hydrogen (secondary N) is 3. The smallest absolute Gasteiger partial charge is 0.231 e. The zero-order valence-corrected chi connectivity index (χ0v) is 14.1. The third-order valence-corrected chi connectivity index (χ3v) is 5.68. The molecule has 0 unspecified atom stereocenters. The van der Waals surface area contributed by atoms with Gasteiger partial charge in [0.1, 0.15) is 11.5 Å². The SMILES string of the molecule is c1cc2c(NCC3CC3)nc(Nc3ccc4c(c3)CSC4)nc2[nH]1. The van der Waals surface area contributed by atoms with Gasteiger partial charge in [0.2, 0.25) is 5.95 Å². The first-order valence-corrected chi connectivity index (χ1v) is 9.56. The molecule has 5 rings (SSSR count). The quantitative estimate of drug-likeness (QED) is 0.649. The maximum absolute atomic E-state index is 4.70. The molecule has 1 aromatic carbocycles. The molecule has 0 amide bonds. The summed E-state index contributed by atoms with van der Waals surface area (Å²) in [5.41, 5.74) is 4.77. The van der Waals surface area contributed by atoms with Crippen LogP contribution in [-0.4, -0.2) is 21.5 Å². The standard InChI is InChI=1S/C18H19N5S/c1-2-11(1)8-20-17-15-5-6-19-16(15)22-18(23-17)21-14-4-3-12-9-24-10-13(12)7-14/h3-7,11H,1-2,8-10H2,(H3,19,20,21,22,23). The van der Waals surface area contributed by atoms with E-state index >= 15 is 0 Å². The van der Waals surface area contributed by atoms with Crippen LogP contribution < -0.4 is 10.6 Å². The van der Waals surface area contributed by atoms with Gasteiger partial charge in [0.15, 0.2) is 0 Å². The second-order valence-corrected chi connectivity index (χ2v) is 7.55. The lowest BCUT2D eigenvalue weighted by Crippen LogP contribution is -2.07. The van der Waals surface area contributed by atoms with Crippen molar-refractivity contribution in [2.24, 2.45) is 5.92 Å². The van der Waals surface area contributed by atoms with Gasteiger partial charge in [0, 0.05) is 29.9 Å². The van der Waals surface area contributed by atoms with Gasteiger partial charge in [-0.1, -0.05) is 6.07 Å². The fourth-order valence-electron chi connectivity index (χ4n) is 3.07. The van der Waals surface area contributed by atoms with Gasteiger partial charge in [-0.2, -0.15) is 21.7 Å². The predicted octanol–water partition coefficient (Wildman–Crippen LogP) is 4.27. The lowest BCUT2D eigenvalue weighted by atomic mass is 10.1. The van der Waals surface area contributed by atoms with Crippen molar-refractivity contribution in [3.8, 4) is 0 Å². The second-order valence-electron chi connectivity index (χ2n) is 6.56. The molecule has 0 atom stereocenters. The van der Waals surface area contributed by atoms with Crippen molar-refractivity contribution in [2.45, 2.75) is 24.3 Å². The molecular formula is C18H19N5S. The Balaban J connectivity index is 1.45. The Morgan fingerprint density at radius 2 is 2.04 bits per heavy atom. The molecule has 1 saturated carbocycles. The van der Waals surface area contributed by atoms with Crippen LogP contribution in [0.1, 0.15) is 24.0 Å². The highest BCUT2D eigenvalue weighted by atomic mass is 32.2. The number of hydrogen-bond acceptors (Lipinski definition) is 5. The highest BCUT2D eigenvalue weighted by Gasteiger charge is 2.21. The summed E-state index contributed by atoms with van der Waals surface area (Å²) < 4.78 is 0. The average Bonchev–Trinajstić information content (AvgIpc) is 3.09. The minimum atomic E-state index is 0.633. The fourth-order valence-corrected chi connectivity index (χ4v) is 4.17. The van der Waals surface area contributed by atoms with Crippen LogP contribution in [0.25, 0.3) is 11.0 Å². The van der Waals surface area contributed by atoms with E-state index in [2.05, 4.69) is 38.8 Å². The lowest BCUT2D eigenvalue weighted by Gasteiger charge is -2.10. The summed E-state index contributed by atoms with van der Waals surface area (Å²) in [6, 6.07) is 8.57. The van der Waals surface area contributed by atoms with Gasteiger partial charge in [0.25, 0.3) is 0 Å². The maximum Gasteiger partial charge on any atom is 0.231 e. The first-order chi connectivity index (χ1) is 11.8. The summed E-state index contributed by atoms with van der Waals surface area (Å²) in [6.07, 6.45) is 4.57. The van der Waals surface area contributed by atoms with Crippen LogP contribution in [0, 0.1) is 5.92 Å². The summed E-state index contributed by atoms with van der Waals surface area (Å²) in [5, 5.41) is 7.90. The molecule has 2 aromatic heterocycles. The molecule has 1 fully saturated rings. The van der Waals surface area contributed by atoms with E-state index < -0.39 is 0 Å². The Morgan fingerprint density at radius 3 is 2.96 bits per heavy atom. The molecule has 122 valence electrons. The van der Waals surface area contributed by atoms with Gasteiger partial charge in [-0.25, -0.2) is 0 Å². The van der Waals surface area contributed by atoms with Crippen molar-refractivity contribution in [3.05, 3.63) is 41.6 Å². The monoisotopic (exact) mass is 337 g/mol. The molecule has 0 saturated heterocycles. The number of hydrogen-bond donors (Lipinski definition) is 3. The molecule has 0 bridgehead atoms. The van der Waals surface area contributed by atoms with E-state index in [9.17, 15) is 0 Å². The van der Waals surface area contributed by atoms with Gasteiger partial charge < -0.3 is 15.6 Å². The molecular weight excluding hydrogens is 318 g/mol. The third kappa shape index (κ3) is 2.71. The number of aromatic nitrogens is 3. The van der Waals surface area contributed by atoms with E-state index in [-0.39, 0.29) is 0 Å². The molecule has 2 aliphatic rings. The number of aromatic amines is 1. The number of rotatable bonds is 5. The van der Waals surface area contributed by atoms with Crippen LogP contribution in [0.15, 0.2) is 30.5 Å². The van der Waals surface area contributed by atoms with Crippen molar-refractivity contribution >= 4 is 40.2 Å². The minimum absolute atomic E-state index is 0.633. The van der Waals surface area contributed by atoms with Gasteiger partial charge in [-0.05, 0) is 48.1 Å². The Hall–Kier alpha value is -2.21. The van der Waals surface area contributed by atoms with E-state index in [1.165, 1.54) is 24.0 Å². The molecule has 3 aromatic rings. The number of H-pyrrole nitrogens is 1. The van der Waals surface area contributed by atoms with Crippen LogP contribution >= 0.6 is 11.8 Å². The largest absolute Gasteiger partial charge is 0.369 e. The Bertz CT molecular complexity index is 900. The third-order valence-electron chi connectivity index (χ3n) is 4.65. The topological polar surface area (TPSA) is 65.6 Å². The molecule has 3 heterocycles. The number of anilines is 3. The number of fused-ring (bicyclic) bond motifs is 2. The van der Waals surface area contributed by atoms with Crippen LogP contribution in [0.5, 0.6) is 0 Å². The van der Waals surface area contributed by atoms with Crippen molar-refractivity contribution in [1.29, 1.82) is 0 Å². The summed E-state index contributed by atoms with van der Waals surface area (Å²) in [4.78, 5) is 12.5. The lowest BCUT2D eigenvalue weighted by molar-refractivity contribution is 0.884. The zero-order chi connectivity index (χ0) is 15.9. The van der Waals surface area contributed by atoms with Crippen molar-refractivity contribution in [2.75, 3.05) is 17.2 Å². The molecule has 5 nitrogen and oxygen atoms in total. The van der Waals surface area contributed by atoms with E-state index in [4.69, 9.17) is 4.98 Å². The summed E-state index contributed by atoms with van der Waals surface area (Å²) >= 11 is 1.96. The number of benzene rings is 1. The fraction of sp³-hybridized carbons (Fsp3) is 0.333. The van der Waals surface area contributed by atoms with E-state index in [0.29, 0.717) is 5.95 Å². The minimum Gasteiger partial charge on any atom is -0.369 e. The molecule has 0 radical (unpaired) electrons. The molecule has 1 aliphatic heterocycles.